The van der Waals surface area contributed by atoms with Gasteiger partial charge in [-0.3, -0.25) is 9.89 Å². The van der Waals surface area contributed by atoms with Crippen LogP contribution in [0.3, 0.4) is 0 Å². The van der Waals surface area contributed by atoms with Crippen molar-refractivity contribution in [2.24, 2.45) is 0 Å². The average molecular weight is 342 g/mol. The Bertz CT molecular complexity index is 920. The third-order valence-corrected chi connectivity index (χ3v) is 4.47. The van der Waals surface area contributed by atoms with Crippen molar-refractivity contribution < 1.29 is 9.18 Å². The van der Waals surface area contributed by atoms with Crippen LogP contribution in [0.15, 0.2) is 48.5 Å². The Morgan fingerprint density at radius 1 is 1.12 bits per heavy atom. The molecule has 4 rings (SSSR count). The van der Waals surface area contributed by atoms with Gasteiger partial charge in [0, 0.05) is 28.5 Å². The molecule has 3 aromatic rings. The predicted molar refractivity (Wildman–Crippen MR) is 90.5 cm³/mol. The Balaban J connectivity index is 1.89. The smallest absolute Gasteiger partial charge is 0.226 e. The SMILES string of the molecule is O=C1C[C@@H](c2ccccc2F)c2c(n[nH]c2-c2ccc(Cl)cc2)N1. The summed E-state index contributed by atoms with van der Waals surface area (Å²) in [5, 5.41) is 10.5. The van der Waals surface area contributed by atoms with Gasteiger partial charge in [-0.05, 0) is 23.8 Å². The van der Waals surface area contributed by atoms with E-state index in [0.717, 1.165) is 16.8 Å². The molecule has 0 unspecified atom stereocenters. The molecule has 120 valence electrons. The lowest BCUT2D eigenvalue weighted by molar-refractivity contribution is -0.116. The highest BCUT2D eigenvalue weighted by Gasteiger charge is 2.33. The number of anilines is 1. The predicted octanol–water partition coefficient (Wildman–Crippen LogP) is 4.34. The maximum Gasteiger partial charge on any atom is 0.226 e. The van der Waals surface area contributed by atoms with Gasteiger partial charge >= 0.3 is 0 Å². The monoisotopic (exact) mass is 341 g/mol. The van der Waals surface area contributed by atoms with Gasteiger partial charge in [0.15, 0.2) is 5.82 Å². The third-order valence-electron chi connectivity index (χ3n) is 4.21. The zero-order valence-corrected chi connectivity index (χ0v) is 13.3. The molecule has 1 aliphatic heterocycles. The van der Waals surface area contributed by atoms with Gasteiger partial charge in [0.25, 0.3) is 0 Å². The summed E-state index contributed by atoms with van der Waals surface area (Å²) < 4.78 is 14.3. The first-order valence-electron chi connectivity index (χ1n) is 7.52. The first kappa shape index (κ1) is 14.9. The van der Waals surface area contributed by atoms with E-state index in [1.807, 2.05) is 12.1 Å². The van der Waals surface area contributed by atoms with Crippen molar-refractivity contribution in [3.8, 4) is 11.3 Å². The van der Waals surface area contributed by atoms with E-state index < -0.39 is 0 Å². The molecule has 2 aromatic carbocycles. The summed E-state index contributed by atoms with van der Waals surface area (Å²) in [7, 11) is 0. The maximum atomic E-state index is 14.3. The number of nitrogens with one attached hydrogen (secondary N) is 2. The number of nitrogens with zero attached hydrogens (tertiary/aromatic N) is 1. The fourth-order valence-electron chi connectivity index (χ4n) is 3.12. The normalized spacial score (nSPS) is 16.6. The topological polar surface area (TPSA) is 57.8 Å². The van der Waals surface area contributed by atoms with Crippen molar-refractivity contribution in [1.29, 1.82) is 0 Å². The molecule has 0 aliphatic carbocycles. The minimum Gasteiger partial charge on any atom is -0.309 e. The highest BCUT2D eigenvalue weighted by Crippen LogP contribution is 2.42. The largest absolute Gasteiger partial charge is 0.309 e. The molecule has 1 atom stereocenters. The lowest BCUT2D eigenvalue weighted by atomic mass is 9.84. The van der Waals surface area contributed by atoms with Gasteiger partial charge in [0.05, 0.1) is 5.69 Å². The molecule has 1 aliphatic rings. The van der Waals surface area contributed by atoms with E-state index in [1.54, 1.807) is 30.3 Å². The zero-order valence-electron chi connectivity index (χ0n) is 12.5. The van der Waals surface area contributed by atoms with Crippen LogP contribution >= 0.6 is 11.6 Å². The number of benzene rings is 2. The van der Waals surface area contributed by atoms with Crippen LogP contribution in [0.2, 0.25) is 5.02 Å². The van der Waals surface area contributed by atoms with Crippen LogP contribution in [-0.2, 0) is 4.79 Å². The molecular formula is C18H13ClFN3O. The third kappa shape index (κ3) is 2.47. The first-order chi connectivity index (χ1) is 11.6. The number of halogens is 2. The van der Waals surface area contributed by atoms with Gasteiger partial charge in [0.1, 0.15) is 5.82 Å². The average Bonchev–Trinajstić information content (AvgIpc) is 2.99. The zero-order chi connectivity index (χ0) is 16.7. The number of aromatic amines is 1. The number of amides is 1. The second-order valence-electron chi connectivity index (χ2n) is 5.69. The summed E-state index contributed by atoms with van der Waals surface area (Å²) in [6.07, 6.45) is 0.175. The van der Waals surface area contributed by atoms with Crippen molar-refractivity contribution in [3.05, 3.63) is 70.5 Å². The molecule has 2 N–H and O–H groups in total. The van der Waals surface area contributed by atoms with Crippen LogP contribution in [0.5, 0.6) is 0 Å². The molecule has 0 bridgehead atoms. The molecule has 0 fully saturated rings. The Kier molecular flexibility index (Phi) is 3.58. The lowest BCUT2D eigenvalue weighted by Crippen LogP contribution is -2.23. The Morgan fingerprint density at radius 2 is 1.88 bits per heavy atom. The van der Waals surface area contributed by atoms with Crippen molar-refractivity contribution >= 4 is 23.3 Å². The summed E-state index contributed by atoms with van der Waals surface area (Å²) in [6.45, 7) is 0. The molecule has 1 aromatic heterocycles. The highest BCUT2D eigenvalue weighted by molar-refractivity contribution is 6.30. The lowest BCUT2D eigenvalue weighted by Gasteiger charge is -2.23. The quantitative estimate of drug-likeness (QED) is 0.728. The number of carbonyl (C=O) groups excluding carboxylic acids is 1. The van der Waals surface area contributed by atoms with Crippen LogP contribution in [0.4, 0.5) is 10.2 Å². The Labute approximate surface area is 142 Å². The number of fused-ring (bicyclic) bond motifs is 1. The fourth-order valence-corrected chi connectivity index (χ4v) is 3.24. The summed E-state index contributed by atoms with van der Waals surface area (Å²) in [5.74, 6) is -0.444. The van der Waals surface area contributed by atoms with E-state index in [1.165, 1.54) is 6.07 Å². The summed E-state index contributed by atoms with van der Waals surface area (Å²) >= 11 is 5.95. The number of carbonyl (C=O) groups is 1. The Morgan fingerprint density at radius 3 is 2.62 bits per heavy atom. The molecule has 0 radical (unpaired) electrons. The number of rotatable bonds is 2. The molecule has 0 saturated heterocycles. The number of hydrogen-bond acceptors (Lipinski definition) is 2. The van der Waals surface area contributed by atoms with E-state index in [4.69, 9.17) is 11.6 Å². The van der Waals surface area contributed by atoms with Crippen molar-refractivity contribution in [2.75, 3.05) is 5.32 Å². The van der Waals surface area contributed by atoms with E-state index in [-0.39, 0.29) is 24.1 Å². The van der Waals surface area contributed by atoms with Crippen molar-refractivity contribution in [1.82, 2.24) is 10.2 Å². The standard InChI is InChI=1S/C18H13ClFN3O/c19-11-7-5-10(6-8-11)17-16-13(12-3-1-2-4-14(12)20)9-15(24)21-18(16)23-22-17/h1-8,13H,9H2,(H2,21,22,23,24)/t13-/m0/s1. The van der Waals surface area contributed by atoms with Gasteiger partial charge in [-0.25, -0.2) is 4.39 Å². The van der Waals surface area contributed by atoms with E-state index in [0.29, 0.717) is 16.4 Å². The van der Waals surface area contributed by atoms with Gasteiger partial charge in [-0.15, -0.1) is 0 Å². The molecular weight excluding hydrogens is 329 g/mol. The minimum absolute atomic E-state index is 0.175. The second-order valence-corrected chi connectivity index (χ2v) is 6.13. The number of aromatic nitrogens is 2. The van der Waals surface area contributed by atoms with Gasteiger partial charge < -0.3 is 5.32 Å². The molecule has 24 heavy (non-hydrogen) atoms. The summed E-state index contributed by atoms with van der Waals surface area (Å²) in [6, 6.07) is 13.8. The van der Waals surface area contributed by atoms with Crippen molar-refractivity contribution in [3.63, 3.8) is 0 Å². The van der Waals surface area contributed by atoms with Gasteiger partial charge in [-0.1, -0.05) is 41.9 Å². The van der Waals surface area contributed by atoms with E-state index in [9.17, 15) is 9.18 Å². The van der Waals surface area contributed by atoms with Crippen molar-refractivity contribution in [2.45, 2.75) is 12.3 Å². The van der Waals surface area contributed by atoms with E-state index >= 15 is 0 Å². The van der Waals surface area contributed by atoms with Gasteiger partial charge in [-0.2, -0.15) is 5.10 Å². The van der Waals surface area contributed by atoms with Crippen LogP contribution in [0.1, 0.15) is 23.5 Å². The van der Waals surface area contributed by atoms with E-state index in [2.05, 4.69) is 15.5 Å². The van der Waals surface area contributed by atoms with Crippen LogP contribution in [0.25, 0.3) is 11.3 Å². The Hall–Kier alpha value is -2.66. The maximum absolute atomic E-state index is 14.3. The molecule has 6 heteroatoms. The summed E-state index contributed by atoms with van der Waals surface area (Å²) in [4.78, 5) is 12.0. The highest BCUT2D eigenvalue weighted by atomic mass is 35.5. The molecule has 0 saturated carbocycles. The van der Waals surface area contributed by atoms with Gasteiger partial charge in [0.2, 0.25) is 5.91 Å². The molecule has 0 spiro atoms. The second kappa shape index (κ2) is 5.76. The number of H-pyrrole nitrogens is 1. The molecule has 2 heterocycles. The molecule has 4 nitrogen and oxygen atoms in total. The van der Waals surface area contributed by atoms with Crippen LogP contribution < -0.4 is 5.32 Å². The summed E-state index contributed by atoms with van der Waals surface area (Å²) in [5.41, 5.74) is 2.92. The first-order valence-corrected chi connectivity index (χ1v) is 7.90. The van der Waals surface area contributed by atoms with Crippen LogP contribution in [0, 0.1) is 5.82 Å². The number of hydrogen-bond donors (Lipinski definition) is 2. The molecule has 1 amide bonds. The minimum atomic E-state index is -0.389. The fraction of sp³-hybridized carbons (Fsp3) is 0.111. The van der Waals surface area contributed by atoms with Crippen LogP contribution in [-0.4, -0.2) is 16.1 Å².